The lowest BCUT2D eigenvalue weighted by atomic mass is 10.2. The fourth-order valence-corrected chi connectivity index (χ4v) is 2.30. The smallest absolute Gasteiger partial charge is 0.328 e. The van der Waals surface area contributed by atoms with Crippen LogP contribution in [-0.4, -0.2) is 37.5 Å². The van der Waals surface area contributed by atoms with E-state index in [0.29, 0.717) is 6.54 Å². The molecular formula is C14H19N5O2. The van der Waals surface area contributed by atoms with Crippen molar-refractivity contribution >= 4 is 17.9 Å². The number of aryl methyl sites for hydroxylation is 3. The van der Waals surface area contributed by atoms with Crippen molar-refractivity contribution in [2.45, 2.75) is 13.5 Å². The second-order valence-electron chi connectivity index (χ2n) is 4.93. The quantitative estimate of drug-likeness (QED) is 0.837. The Hall–Kier alpha value is -2.57. The fourth-order valence-electron chi connectivity index (χ4n) is 2.30. The molecule has 0 aliphatic rings. The van der Waals surface area contributed by atoms with Gasteiger partial charge in [0.05, 0.1) is 12.2 Å². The van der Waals surface area contributed by atoms with E-state index >= 15 is 0 Å². The molecule has 0 fully saturated rings. The molecule has 2 aromatic heterocycles. The van der Waals surface area contributed by atoms with Gasteiger partial charge in [0, 0.05) is 45.2 Å². The molecule has 21 heavy (non-hydrogen) atoms. The zero-order chi connectivity index (χ0) is 15.6. The zero-order valence-electron chi connectivity index (χ0n) is 12.6. The standard InChI is InChI=1S/C14H19N5O2/c1-10-11(5-6-13(20)21)14(19(4)16-10)18(3)9-12-15-7-8-17(12)2/h5-8H,9H2,1-4H3,(H,20,21). The molecule has 0 unspecified atom stereocenters. The highest BCUT2D eigenvalue weighted by molar-refractivity contribution is 5.87. The lowest BCUT2D eigenvalue weighted by Crippen LogP contribution is -2.22. The molecule has 0 aliphatic carbocycles. The van der Waals surface area contributed by atoms with Crippen LogP contribution in [0.25, 0.3) is 6.08 Å². The number of carboxylic acid groups (broad SMARTS) is 1. The summed E-state index contributed by atoms with van der Waals surface area (Å²) >= 11 is 0. The highest BCUT2D eigenvalue weighted by Crippen LogP contribution is 2.24. The Morgan fingerprint density at radius 2 is 2.19 bits per heavy atom. The van der Waals surface area contributed by atoms with Crippen molar-refractivity contribution in [1.29, 1.82) is 0 Å². The third kappa shape index (κ3) is 3.13. The Morgan fingerprint density at radius 1 is 1.48 bits per heavy atom. The third-order valence-corrected chi connectivity index (χ3v) is 3.29. The van der Waals surface area contributed by atoms with Crippen LogP contribution in [0.4, 0.5) is 5.82 Å². The van der Waals surface area contributed by atoms with Gasteiger partial charge in [0.25, 0.3) is 0 Å². The average Bonchev–Trinajstić information content (AvgIpc) is 2.90. The van der Waals surface area contributed by atoms with Crippen molar-refractivity contribution in [3.05, 3.63) is 35.6 Å². The summed E-state index contributed by atoms with van der Waals surface area (Å²) in [6, 6.07) is 0. The van der Waals surface area contributed by atoms with Gasteiger partial charge in [0.1, 0.15) is 11.6 Å². The fraction of sp³-hybridized carbons (Fsp3) is 0.357. The van der Waals surface area contributed by atoms with Crippen LogP contribution in [0.1, 0.15) is 17.1 Å². The lowest BCUT2D eigenvalue weighted by Gasteiger charge is -2.20. The minimum Gasteiger partial charge on any atom is -0.478 e. The Bertz CT molecular complexity index is 684. The molecule has 7 heteroatoms. The van der Waals surface area contributed by atoms with Gasteiger partial charge in [-0.1, -0.05) is 0 Å². The first-order valence-electron chi connectivity index (χ1n) is 6.52. The van der Waals surface area contributed by atoms with Gasteiger partial charge in [-0.15, -0.1) is 0 Å². The van der Waals surface area contributed by atoms with Crippen molar-refractivity contribution in [3.63, 3.8) is 0 Å². The summed E-state index contributed by atoms with van der Waals surface area (Å²) in [5, 5.41) is 13.2. The normalized spacial score (nSPS) is 11.2. The molecule has 0 spiro atoms. The number of anilines is 1. The Balaban J connectivity index is 2.34. The highest BCUT2D eigenvalue weighted by atomic mass is 16.4. The Labute approximate surface area is 123 Å². The number of nitrogens with zero attached hydrogens (tertiary/aromatic N) is 5. The predicted molar refractivity (Wildman–Crippen MR) is 79.9 cm³/mol. The maximum Gasteiger partial charge on any atom is 0.328 e. The number of imidazole rings is 1. The van der Waals surface area contributed by atoms with Crippen molar-refractivity contribution in [2.24, 2.45) is 14.1 Å². The maximum absolute atomic E-state index is 10.7. The molecule has 7 nitrogen and oxygen atoms in total. The van der Waals surface area contributed by atoms with Gasteiger partial charge in [0.15, 0.2) is 0 Å². The van der Waals surface area contributed by atoms with Gasteiger partial charge in [-0.2, -0.15) is 5.10 Å². The molecule has 0 radical (unpaired) electrons. The highest BCUT2D eigenvalue weighted by Gasteiger charge is 2.16. The van der Waals surface area contributed by atoms with Crippen molar-refractivity contribution in [3.8, 4) is 0 Å². The van der Waals surface area contributed by atoms with Crippen LogP contribution in [0.15, 0.2) is 18.5 Å². The summed E-state index contributed by atoms with van der Waals surface area (Å²) < 4.78 is 3.70. The predicted octanol–water partition coefficient (Wildman–Crippen LogP) is 1.20. The van der Waals surface area contributed by atoms with E-state index in [2.05, 4.69) is 10.1 Å². The molecule has 112 valence electrons. The minimum atomic E-state index is -0.976. The number of carboxylic acids is 1. The van der Waals surface area contributed by atoms with E-state index < -0.39 is 5.97 Å². The van der Waals surface area contributed by atoms with Gasteiger partial charge in [-0.3, -0.25) is 4.68 Å². The van der Waals surface area contributed by atoms with Crippen molar-refractivity contribution in [1.82, 2.24) is 19.3 Å². The number of carbonyl (C=O) groups is 1. The second kappa shape index (κ2) is 5.82. The van der Waals surface area contributed by atoms with E-state index in [0.717, 1.165) is 29.0 Å². The van der Waals surface area contributed by atoms with Gasteiger partial charge in [0.2, 0.25) is 0 Å². The first-order valence-corrected chi connectivity index (χ1v) is 6.52. The SMILES string of the molecule is Cc1nn(C)c(N(C)Cc2nccn2C)c1C=CC(=O)O. The third-order valence-electron chi connectivity index (χ3n) is 3.29. The van der Waals surface area contributed by atoms with Crippen LogP contribution >= 0.6 is 0 Å². The van der Waals surface area contributed by atoms with Crippen LogP contribution in [0.3, 0.4) is 0 Å². The summed E-state index contributed by atoms with van der Waals surface area (Å²) in [6.07, 6.45) is 6.35. The molecule has 2 rings (SSSR count). The summed E-state index contributed by atoms with van der Waals surface area (Å²) in [4.78, 5) is 17.0. The molecular weight excluding hydrogens is 270 g/mol. The van der Waals surface area contributed by atoms with Gasteiger partial charge >= 0.3 is 5.97 Å². The molecule has 2 heterocycles. The summed E-state index contributed by atoms with van der Waals surface area (Å²) in [5.41, 5.74) is 1.59. The van der Waals surface area contributed by atoms with E-state index in [-0.39, 0.29) is 0 Å². The van der Waals surface area contributed by atoms with Crippen LogP contribution in [0, 0.1) is 6.92 Å². The van der Waals surface area contributed by atoms with E-state index in [9.17, 15) is 4.79 Å². The summed E-state index contributed by atoms with van der Waals surface area (Å²) in [6.45, 7) is 2.47. The largest absolute Gasteiger partial charge is 0.478 e. The Kier molecular flexibility index (Phi) is 4.11. The number of aliphatic carboxylic acids is 1. The van der Waals surface area contributed by atoms with Crippen molar-refractivity contribution < 1.29 is 9.90 Å². The first kappa shape index (κ1) is 14.8. The summed E-state index contributed by atoms with van der Waals surface area (Å²) in [7, 11) is 5.72. The molecule has 0 saturated heterocycles. The lowest BCUT2D eigenvalue weighted by molar-refractivity contribution is -0.131. The number of rotatable bonds is 5. The molecule has 0 aliphatic heterocycles. The van der Waals surface area contributed by atoms with E-state index in [1.807, 2.05) is 43.7 Å². The molecule has 0 amide bonds. The van der Waals surface area contributed by atoms with Crippen LogP contribution < -0.4 is 4.90 Å². The summed E-state index contributed by atoms with van der Waals surface area (Å²) in [5.74, 6) is 0.800. The average molecular weight is 289 g/mol. The molecule has 0 bridgehead atoms. The molecule has 0 saturated carbocycles. The second-order valence-corrected chi connectivity index (χ2v) is 4.93. The first-order chi connectivity index (χ1) is 9.90. The van der Waals surface area contributed by atoms with Crippen molar-refractivity contribution in [2.75, 3.05) is 11.9 Å². The topological polar surface area (TPSA) is 76.2 Å². The van der Waals surface area contributed by atoms with Gasteiger partial charge < -0.3 is 14.6 Å². The van der Waals surface area contributed by atoms with E-state index in [1.54, 1.807) is 17.0 Å². The Morgan fingerprint density at radius 3 is 2.76 bits per heavy atom. The number of aromatic nitrogens is 4. The molecule has 0 aromatic carbocycles. The molecule has 1 N–H and O–H groups in total. The minimum absolute atomic E-state index is 0.608. The van der Waals surface area contributed by atoms with E-state index in [1.165, 1.54) is 0 Å². The number of hydrogen-bond acceptors (Lipinski definition) is 4. The molecule has 2 aromatic rings. The van der Waals surface area contributed by atoms with Crippen LogP contribution in [-0.2, 0) is 25.4 Å². The monoisotopic (exact) mass is 289 g/mol. The van der Waals surface area contributed by atoms with Gasteiger partial charge in [-0.25, -0.2) is 9.78 Å². The van der Waals surface area contributed by atoms with Gasteiger partial charge in [-0.05, 0) is 13.0 Å². The maximum atomic E-state index is 10.7. The van der Waals surface area contributed by atoms with E-state index in [4.69, 9.17) is 5.11 Å². The molecule has 0 atom stereocenters. The van der Waals surface area contributed by atoms with Crippen LogP contribution in [0.2, 0.25) is 0 Å². The number of hydrogen-bond donors (Lipinski definition) is 1. The van der Waals surface area contributed by atoms with Crippen LogP contribution in [0.5, 0.6) is 0 Å². The zero-order valence-corrected chi connectivity index (χ0v) is 12.6.